The van der Waals surface area contributed by atoms with Crippen LogP contribution in [0.5, 0.6) is 0 Å². The molecule has 0 aliphatic rings. The van der Waals surface area contributed by atoms with E-state index in [1.54, 1.807) is 6.92 Å². The Morgan fingerprint density at radius 3 is 2.50 bits per heavy atom. The molecule has 1 atom stereocenters. The minimum Gasteiger partial charge on any atom is -0.458 e. The van der Waals surface area contributed by atoms with Gasteiger partial charge in [0.2, 0.25) is 0 Å². The summed E-state index contributed by atoms with van der Waals surface area (Å²) in [5.74, 6) is -1.05. The molecule has 0 aromatic carbocycles. The van der Waals surface area contributed by atoms with E-state index in [4.69, 9.17) is 9.47 Å². The molecular weight excluding hydrogens is 184 g/mol. The second kappa shape index (κ2) is 5.96. The van der Waals surface area contributed by atoms with Gasteiger partial charge in [-0.15, -0.1) is 0 Å². The van der Waals surface area contributed by atoms with E-state index in [0.29, 0.717) is 0 Å². The molecule has 4 nitrogen and oxygen atoms in total. The Morgan fingerprint density at radius 1 is 1.50 bits per heavy atom. The first-order valence-electron chi connectivity index (χ1n) is 4.13. The highest BCUT2D eigenvalue weighted by molar-refractivity contribution is 5.89. The zero-order valence-corrected chi connectivity index (χ0v) is 8.41. The van der Waals surface area contributed by atoms with Crippen LogP contribution in [0.1, 0.15) is 13.8 Å². The molecule has 0 amide bonds. The fraction of sp³-hybridized carbons (Fsp3) is 0.400. The molecule has 4 heteroatoms. The highest BCUT2D eigenvalue weighted by atomic mass is 16.6. The molecular formula is C10H14O4. The molecule has 0 bridgehead atoms. The van der Waals surface area contributed by atoms with Gasteiger partial charge < -0.3 is 9.47 Å². The SMILES string of the molecule is C=CCOC(=O)C(=C)[C@@H](C)OC(C)=O. The van der Waals surface area contributed by atoms with E-state index in [1.165, 1.54) is 13.0 Å². The first-order chi connectivity index (χ1) is 6.49. The fourth-order valence-corrected chi connectivity index (χ4v) is 0.713. The fourth-order valence-electron chi connectivity index (χ4n) is 0.713. The monoisotopic (exact) mass is 198 g/mol. The van der Waals surface area contributed by atoms with Crippen LogP contribution in [0.2, 0.25) is 0 Å². The van der Waals surface area contributed by atoms with Crippen molar-refractivity contribution in [1.82, 2.24) is 0 Å². The summed E-state index contributed by atoms with van der Waals surface area (Å²) in [7, 11) is 0. The van der Waals surface area contributed by atoms with Gasteiger partial charge in [0.15, 0.2) is 0 Å². The molecule has 0 heterocycles. The van der Waals surface area contributed by atoms with Gasteiger partial charge in [-0.3, -0.25) is 4.79 Å². The maximum absolute atomic E-state index is 11.2. The topological polar surface area (TPSA) is 52.6 Å². The van der Waals surface area contributed by atoms with Crippen LogP contribution in [0.3, 0.4) is 0 Å². The number of carbonyl (C=O) groups excluding carboxylic acids is 2. The molecule has 0 aliphatic heterocycles. The van der Waals surface area contributed by atoms with Gasteiger partial charge in [-0.2, -0.15) is 0 Å². The van der Waals surface area contributed by atoms with Crippen molar-refractivity contribution in [2.75, 3.05) is 6.61 Å². The number of hydrogen-bond acceptors (Lipinski definition) is 4. The zero-order valence-electron chi connectivity index (χ0n) is 8.41. The Kier molecular flexibility index (Phi) is 5.29. The van der Waals surface area contributed by atoms with E-state index >= 15 is 0 Å². The Hall–Kier alpha value is -1.58. The molecule has 0 radical (unpaired) electrons. The van der Waals surface area contributed by atoms with Gasteiger partial charge in [-0.1, -0.05) is 19.2 Å². The first-order valence-corrected chi connectivity index (χ1v) is 4.13. The van der Waals surface area contributed by atoms with E-state index in [2.05, 4.69) is 13.2 Å². The highest BCUT2D eigenvalue weighted by Gasteiger charge is 2.17. The molecule has 78 valence electrons. The molecule has 0 spiro atoms. The molecule has 0 rings (SSSR count). The molecule has 0 fully saturated rings. The molecule has 14 heavy (non-hydrogen) atoms. The van der Waals surface area contributed by atoms with Crippen molar-refractivity contribution in [1.29, 1.82) is 0 Å². The minimum atomic E-state index is -0.662. The summed E-state index contributed by atoms with van der Waals surface area (Å²) in [5.41, 5.74) is 0.113. The largest absolute Gasteiger partial charge is 0.458 e. The molecule has 0 saturated carbocycles. The second-order valence-corrected chi connectivity index (χ2v) is 2.66. The minimum absolute atomic E-state index is 0.113. The molecule has 0 aromatic rings. The van der Waals surface area contributed by atoms with Crippen LogP contribution in [0.25, 0.3) is 0 Å². The van der Waals surface area contributed by atoms with E-state index in [1.807, 2.05) is 0 Å². The Balaban J connectivity index is 4.10. The van der Waals surface area contributed by atoms with Gasteiger partial charge in [0.25, 0.3) is 0 Å². The van der Waals surface area contributed by atoms with Crippen molar-refractivity contribution in [3.05, 3.63) is 24.8 Å². The summed E-state index contributed by atoms with van der Waals surface area (Å²) in [6.45, 7) is 9.80. The molecule has 0 unspecified atom stereocenters. The number of hydrogen-bond donors (Lipinski definition) is 0. The van der Waals surface area contributed by atoms with Crippen molar-refractivity contribution in [2.45, 2.75) is 20.0 Å². The lowest BCUT2D eigenvalue weighted by Crippen LogP contribution is -2.21. The predicted octanol–water partition coefficient (Wildman–Crippen LogP) is 1.22. The van der Waals surface area contributed by atoms with Crippen LogP contribution < -0.4 is 0 Å². The second-order valence-electron chi connectivity index (χ2n) is 2.66. The van der Waals surface area contributed by atoms with Crippen LogP contribution in [0.15, 0.2) is 24.8 Å². The third-order valence-electron chi connectivity index (χ3n) is 1.43. The average Bonchev–Trinajstić information content (AvgIpc) is 2.11. The lowest BCUT2D eigenvalue weighted by atomic mass is 10.2. The zero-order chi connectivity index (χ0) is 11.1. The van der Waals surface area contributed by atoms with Crippen LogP contribution in [0.4, 0.5) is 0 Å². The molecule has 0 saturated heterocycles. The molecule has 0 aliphatic carbocycles. The van der Waals surface area contributed by atoms with Gasteiger partial charge in [-0.05, 0) is 6.92 Å². The standard InChI is InChI=1S/C10H14O4/c1-5-6-13-10(12)7(2)8(3)14-9(4)11/h5,8H,1-2,6H2,3-4H3/t8-/m1/s1. The van der Waals surface area contributed by atoms with E-state index in [0.717, 1.165) is 0 Å². The maximum atomic E-state index is 11.2. The normalized spacial score (nSPS) is 11.3. The lowest BCUT2D eigenvalue weighted by molar-refractivity contribution is -0.146. The van der Waals surface area contributed by atoms with Crippen LogP contribution in [-0.2, 0) is 19.1 Å². The van der Waals surface area contributed by atoms with Gasteiger partial charge in [0.05, 0.1) is 5.57 Å². The highest BCUT2D eigenvalue weighted by Crippen LogP contribution is 2.06. The van der Waals surface area contributed by atoms with Crippen LogP contribution >= 0.6 is 0 Å². The summed E-state index contributed by atoms with van der Waals surface area (Å²) >= 11 is 0. The molecule has 0 aromatic heterocycles. The predicted molar refractivity (Wildman–Crippen MR) is 51.5 cm³/mol. The quantitative estimate of drug-likeness (QED) is 0.378. The van der Waals surface area contributed by atoms with Crippen LogP contribution in [0, 0.1) is 0 Å². The number of esters is 2. The van der Waals surface area contributed by atoms with E-state index in [9.17, 15) is 9.59 Å². The lowest BCUT2D eigenvalue weighted by Gasteiger charge is -2.13. The van der Waals surface area contributed by atoms with Crippen molar-refractivity contribution in [2.24, 2.45) is 0 Å². The van der Waals surface area contributed by atoms with E-state index in [-0.39, 0.29) is 12.2 Å². The summed E-state index contributed by atoms with van der Waals surface area (Å²) in [6, 6.07) is 0. The summed E-state index contributed by atoms with van der Waals surface area (Å²) in [5, 5.41) is 0. The van der Waals surface area contributed by atoms with Crippen LogP contribution in [-0.4, -0.2) is 24.6 Å². The average molecular weight is 198 g/mol. The Labute approximate surface area is 83.2 Å². The summed E-state index contributed by atoms with van der Waals surface area (Å²) < 4.78 is 9.46. The summed E-state index contributed by atoms with van der Waals surface area (Å²) in [4.78, 5) is 21.7. The van der Waals surface area contributed by atoms with Gasteiger partial charge in [-0.25, -0.2) is 4.79 Å². The Bertz CT molecular complexity index is 255. The number of rotatable bonds is 5. The Morgan fingerprint density at radius 2 is 2.07 bits per heavy atom. The third-order valence-corrected chi connectivity index (χ3v) is 1.43. The van der Waals surface area contributed by atoms with Gasteiger partial charge >= 0.3 is 11.9 Å². The van der Waals surface area contributed by atoms with Crippen molar-refractivity contribution in [3.8, 4) is 0 Å². The van der Waals surface area contributed by atoms with E-state index < -0.39 is 18.0 Å². The van der Waals surface area contributed by atoms with Crippen molar-refractivity contribution < 1.29 is 19.1 Å². The third kappa shape index (κ3) is 4.45. The summed E-state index contributed by atoms with van der Waals surface area (Å²) in [6.07, 6.45) is 0.784. The number of carbonyl (C=O) groups is 2. The van der Waals surface area contributed by atoms with Gasteiger partial charge in [0.1, 0.15) is 12.7 Å². The number of ether oxygens (including phenoxy) is 2. The van der Waals surface area contributed by atoms with Gasteiger partial charge in [0, 0.05) is 6.92 Å². The smallest absolute Gasteiger partial charge is 0.337 e. The van der Waals surface area contributed by atoms with Crippen molar-refractivity contribution in [3.63, 3.8) is 0 Å². The first kappa shape index (κ1) is 12.4. The van der Waals surface area contributed by atoms with Crippen molar-refractivity contribution >= 4 is 11.9 Å². The maximum Gasteiger partial charge on any atom is 0.337 e. The molecule has 0 N–H and O–H groups in total.